The molecule has 6 heteroatoms. The second-order valence-electron chi connectivity index (χ2n) is 5.34. The van der Waals surface area contributed by atoms with Crippen LogP contribution < -0.4 is 4.74 Å². The Hall–Kier alpha value is -2.34. The number of H-pyrrole nitrogens is 1. The van der Waals surface area contributed by atoms with E-state index >= 15 is 0 Å². The molecule has 0 aliphatic carbocycles. The van der Waals surface area contributed by atoms with Gasteiger partial charge in [-0.1, -0.05) is 12.1 Å². The summed E-state index contributed by atoms with van der Waals surface area (Å²) in [6, 6.07) is 9.18. The zero-order chi connectivity index (χ0) is 15.5. The second-order valence-corrected chi connectivity index (χ2v) is 5.34. The van der Waals surface area contributed by atoms with Crippen molar-refractivity contribution in [1.82, 2.24) is 15.1 Å². The van der Waals surface area contributed by atoms with Crippen molar-refractivity contribution in [1.29, 1.82) is 0 Å². The van der Waals surface area contributed by atoms with Gasteiger partial charge in [0.05, 0.1) is 25.5 Å². The summed E-state index contributed by atoms with van der Waals surface area (Å²) in [7, 11) is 1.60. The third-order valence-electron chi connectivity index (χ3n) is 4.04. The van der Waals surface area contributed by atoms with Crippen molar-refractivity contribution in [3.63, 3.8) is 0 Å². The number of ether oxygens (including phenoxy) is 1. The van der Waals surface area contributed by atoms with Gasteiger partial charge in [-0.15, -0.1) is 0 Å². The molecular formula is C16H19N3O3. The Labute approximate surface area is 128 Å². The van der Waals surface area contributed by atoms with E-state index in [2.05, 4.69) is 10.2 Å². The summed E-state index contributed by atoms with van der Waals surface area (Å²) in [6.07, 6.45) is 1.76. The highest BCUT2D eigenvalue weighted by molar-refractivity contribution is 5.94. The molecule has 1 atom stereocenters. The van der Waals surface area contributed by atoms with E-state index in [0.717, 1.165) is 18.4 Å². The third-order valence-corrected chi connectivity index (χ3v) is 4.04. The summed E-state index contributed by atoms with van der Waals surface area (Å²) in [5.74, 6) is 0.590. The van der Waals surface area contributed by atoms with Crippen LogP contribution in [0.15, 0.2) is 30.3 Å². The lowest BCUT2D eigenvalue weighted by Gasteiger charge is -2.21. The molecule has 2 aromatic rings. The molecule has 22 heavy (non-hydrogen) atoms. The van der Waals surface area contributed by atoms with E-state index in [1.807, 2.05) is 24.3 Å². The van der Waals surface area contributed by atoms with Crippen molar-refractivity contribution in [3.05, 3.63) is 36.0 Å². The van der Waals surface area contributed by atoms with E-state index in [9.17, 15) is 9.90 Å². The van der Waals surface area contributed by atoms with Gasteiger partial charge in [-0.25, -0.2) is 0 Å². The molecular weight excluding hydrogens is 282 g/mol. The number of hydrogen-bond acceptors (Lipinski definition) is 4. The molecule has 0 bridgehead atoms. The van der Waals surface area contributed by atoms with Gasteiger partial charge >= 0.3 is 0 Å². The van der Waals surface area contributed by atoms with Gasteiger partial charge in [0.2, 0.25) is 0 Å². The van der Waals surface area contributed by atoms with Crippen LogP contribution in [0.25, 0.3) is 11.3 Å². The molecule has 0 unspecified atom stereocenters. The molecule has 0 radical (unpaired) electrons. The van der Waals surface area contributed by atoms with Crippen LogP contribution in [-0.4, -0.2) is 52.4 Å². The van der Waals surface area contributed by atoms with Gasteiger partial charge in [0, 0.05) is 12.1 Å². The van der Waals surface area contributed by atoms with Gasteiger partial charge in [0.1, 0.15) is 11.4 Å². The van der Waals surface area contributed by atoms with Gasteiger partial charge in [-0.05, 0) is 31.0 Å². The maximum Gasteiger partial charge on any atom is 0.272 e. The topological polar surface area (TPSA) is 78.5 Å². The maximum atomic E-state index is 12.5. The smallest absolute Gasteiger partial charge is 0.272 e. The van der Waals surface area contributed by atoms with Crippen molar-refractivity contribution >= 4 is 5.91 Å². The summed E-state index contributed by atoms with van der Waals surface area (Å²) in [5.41, 5.74) is 1.93. The maximum absolute atomic E-state index is 12.5. The lowest BCUT2D eigenvalue weighted by Crippen LogP contribution is -2.37. The highest BCUT2D eigenvalue weighted by atomic mass is 16.5. The molecule has 1 amide bonds. The number of amides is 1. The molecule has 2 heterocycles. The molecule has 0 saturated carbocycles. The van der Waals surface area contributed by atoms with Crippen LogP contribution in [0.5, 0.6) is 5.75 Å². The molecule has 1 aromatic heterocycles. The van der Waals surface area contributed by atoms with Crippen molar-refractivity contribution in [2.45, 2.75) is 18.9 Å². The number of aromatic nitrogens is 2. The van der Waals surface area contributed by atoms with Crippen LogP contribution in [0.1, 0.15) is 23.3 Å². The Morgan fingerprint density at radius 3 is 3.09 bits per heavy atom. The van der Waals surface area contributed by atoms with Crippen molar-refractivity contribution in [2.75, 3.05) is 20.3 Å². The Bertz CT molecular complexity index is 668. The summed E-state index contributed by atoms with van der Waals surface area (Å²) < 4.78 is 5.32. The molecule has 1 aliphatic heterocycles. The highest BCUT2D eigenvalue weighted by Gasteiger charge is 2.29. The number of carbonyl (C=O) groups is 1. The first-order chi connectivity index (χ1) is 10.7. The van der Waals surface area contributed by atoms with Crippen molar-refractivity contribution < 1.29 is 14.6 Å². The van der Waals surface area contributed by atoms with Crippen LogP contribution in [0, 0.1) is 0 Å². The number of nitrogens with one attached hydrogen (secondary N) is 1. The van der Waals surface area contributed by atoms with E-state index in [1.165, 1.54) is 0 Å². The van der Waals surface area contributed by atoms with E-state index in [4.69, 9.17) is 4.74 Å². The predicted molar refractivity (Wildman–Crippen MR) is 81.7 cm³/mol. The number of nitrogens with zero attached hydrogens (tertiary/aromatic N) is 2. The highest BCUT2D eigenvalue weighted by Crippen LogP contribution is 2.29. The number of rotatable bonds is 4. The fraction of sp³-hybridized carbons (Fsp3) is 0.375. The first-order valence-electron chi connectivity index (χ1n) is 7.35. The zero-order valence-corrected chi connectivity index (χ0v) is 12.5. The van der Waals surface area contributed by atoms with Gasteiger partial charge in [-0.2, -0.15) is 5.10 Å². The number of aliphatic hydroxyl groups is 1. The van der Waals surface area contributed by atoms with Gasteiger partial charge in [0.25, 0.3) is 5.91 Å². The minimum atomic E-state index is -0.120. The number of likely N-dealkylation sites (tertiary alicyclic amines) is 1. The fourth-order valence-electron chi connectivity index (χ4n) is 2.87. The average molecular weight is 301 g/mol. The lowest BCUT2D eigenvalue weighted by atomic mass is 10.1. The first-order valence-corrected chi connectivity index (χ1v) is 7.35. The minimum absolute atomic E-state index is 0.000752. The standard InChI is InChI=1S/C16H19N3O3/c1-22-15-7-3-2-6-12(15)13-9-14(18-17-13)16(21)19-8-4-5-11(19)10-20/h2-3,6-7,9,11,20H,4-5,8,10H2,1H3,(H,17,18)/t11-/m0/s1. The monoisotopic (exact) mass is 301 g/mol. The van der Waals surface area contributed by atoms with Crippen LogP contribution in [0.4, 0.5) is 0 Å². The molecule has 1 fully saturated rings. The normalized spacial score (nSPS) is 17.7. The SMILES string of the molecule is COc1ccccc1-c1cc(C(=O)N2CCC[C@H]2CO)[nH]n1. The van der Waals surface area contributed by atoms with Gasteiger partial charge < -0.3 is 14.7 Å². The Kier molecular flexibility index (Phi) is 4.11. The molecule has 116 valence electrons. The van der Waals surface area contributed by atoms with Crippen LogP contribution in [0.2, 0.25) is 0 Å². The van der Waals surface area contributed by atoms with Crippen molar-refractivity contribution in [2.24, 2.45) is 0 Å². The molecule has 1 aromatic carbocycles. The average Bonchev–Trinajstić information content (AvgIpc) is 3.23. The summed E-state index contributed by atoms with van der Waals surface area (Å²) in [5, 5.41) is 16.4. The van der Waals surface area contributed by atoms with E-state index in [-0.39, 0.29) is 18.6 Å². The summed E-state index contributed by atoms with van der Waals surface area (Å²) in [4.78, 5) is 14.2. The molecule has 1 saturated heterocycles. The number of benzene rings is 1. The van der Waals surface area contributed by atoms with E-state index < -0.39 is 0 Å². The van der Waals surface area contributed by atoms with Crippen LogP contribution in [0.3, 0.4) is 0 Å². The number of para-hydroxylation sites is 1. The fourth-order valence-corrected chi connectivity index (χ4v) is 2.87. The summed E-state index contributed by atoms with van der Waals surface area (Å²) in [6.45, 7) is 0.673. The Balaban J connectivity index is 1.86. The second kappa shape index (κ2) is 6.19. The Morgan fingerprint density at radius 2 is 2.32 bits per heavy atom. The molecule has 1 aliphatic rings. The van der Waals surface area contributed by atoms with Gasteiger partial charge in [-0.3, -0.25) is 9.89 Å². The number of hydrogen-bond donors (Lipinski definition) is 2. The lowest BCUT2D eigenvalue weighted by molar-refractivity contribution is 0.0671. The molecule has 2 N–H and O–H groups in total. The number of aromatic amines is 1. The Morgan fingerprint density at radius 1 is 1.50 bits per heavy atom. The van der Waals surface area contributed by atoms with Crippen molar-refractivity contribution in [3.8, 4) is 17.0 Å². The van der Waals surface area contributed by atoms with E-state index in [0.29, 0.717) is 23.7 Å². The van der Waals surface area contributed by atoms with Crippen LogP contribution >= 0.6 is 0 Å². The number of aliphatic hydroxyl groups excluding tert-OH is 1. The largest absolute Gasteiger partial charge is 0.496 e. The third kappa shape index (κ3) is 2.57. The zero-order valence-electron chi connectivity index (χ0n) is 12.5. The summed E-state index contributed by atoms with van der Waals surface area (Å²) >= 11 is 0. The predicted octanol–water partition coefficient (Wildman–Crippen LogP) is 1.68. The molecule has 3 rings (SSSR count). The van der Waals surface area contributed by atoms with E-state index in [1.54, 1.807) is 18.1 Å². The van der Waals surface area contributed by atoms with Crippen LogP contribution in [-0.2, 0) is 0 Å². The molecule has 0 spiro atoms. The quantitative estimate of drug-likeness (QED) is 0.900. The van der Waals surface area contributed by atoms with Gasteiger partial charge in [0.15, 0.2) is 0 Å². The molecule has 6 nitrogen and oxygen atoms in total. The minimum Gasteiger partial charge on any atom is -0.496 e. The number of methoxy groups -OCH3 is 1. The number of carbonyl (C=O) groups excluding carboxylic acids is 1. The first kappa shape index (κ1) is 14.6.